The highest BCUT2D eigenvalue weighted by Gasteiger charge is 2.36. The minimum absolute atomic E-state index is 0.189. The van der Waals surface area contributed by atoms with Gasteiger partial charge in [0.1, 0.15) is 10.6 Å². The first-order valence-corrected chi connectivity index (χ1v) is 8.54. The van der Waals surface area contributed by atoms with Crippen LogP contribution < -0.4 is 10.0 Å². The van der Waals surface area contributed by atoms with Crippen molar-refractivity contribution in [2.24, 2.45) is 0 Å². The van der Waals surface area contributed by atoms with Gasteiger partial charge in [-0.05, 0) is 37.8 Å². The molecule has 3 heterocycles. The average molecular weight is 335 g/mol. The Morgan fingerprint density at radius 2 is 1.82 bits per heavy atom. The van der Waals surface area contributed by atoms with Crippen LogP contribution in [0.5, 0.6) is 0 Å². The first-order valence-electron chi connectivity index (χ1n) is 7.06. The van der Waals surface area contributed by atoms with E-state index in [0.717, 1.165) is 25.1 Å². The molecule has 0 spiro atoms. The number of aromatic nitrogens is 1. The largest absolute Gasteiger partial charge is 0.433 e. The standard InChI is InChI=1S/C13H16F3N3O2S/c14-13(15,16)12-4-3-11(7-17-12)22(20,21)19-10-5-8-1-2-9(6-10)18-8/h3-4,7-10,18-19H,1-2,5-6H2. The molecule has 1 aromatic rings. The molecule has 2 bridgehead atoms. The van der Waals surface area contributed by atoms with Crippen LogP contribution in [0.15, 0.2) is 23.2 Å². The molecule has 2 N–H and O–H groups in total. The topological polar surface area (TPSA) is 71.1 Å². The molecule has 2 saturated heterocycles. The van der Waals surface area contributed by atoms with Crippen LogP contribution in [-0.2, 0) is 16.2 Å². The summed E-state index contributed by atoms with van der Waals surface area (Å²) in [7, 11) is -3.85. The molecule has 0 saturated carbocycles. The molecule has 2 aliphatic rings. The number of hydrogen-bond acceptors (Lipinski definition) is 4. The summed E-state index contributed by atoms with van der Waals surface area (Å²) in [5, 5.41) is 3.40. The monoisotopic (exact) mass is 335 g/mol. The van der Waals surface area contributed by atoms with E-state index in [0.29, 0.717) is 31.0 Å². The Bertz CT molecular complexity index is 633. The maximum Gasteiger partial charge on any atom is 0.433 e. The molecule has 9 heteroatoms. The van der Waals surface area contributed by atoms with Gasteiger partial charge in [-0.25, -0.2) is 13.1 Å². The van der Waals surface area contributed by atoms with Crippen LogP contribution in [0.1, 0.15) is 31.4 Å². The van der Waals surface area contributed by atoms with Gasteiger partial charge in [0.05, 0.1) is 0 Å². The highest BCUT2D eigenvalue weighted by atomic mass is 32.2. The number of nitrogens with zero attached hydrogens (tertiary/aromatic N) is 1. The van der Waals surface area contributed by atoms with Crippen molar-refractivity contribution in [2.75, 3.05) is 0 Å². The smallest absolute Gasteiger partial charge is 0.311 e. The molecule has 5 nitrogen and oxygen atoms in total. The predicted molar refractivity (Wildman–Crippen MR) is 72.5 cm³/mol. The minimum Gasteiger partial charge on any atom is -0.311 e. The maximum absolute atomic E-state index is 12.4. The molecular weight excluding hydrogens is 319 g/mol. The molecule has 122 valence electrons. The van der Waals surface area contributed by atoms with Crippen LogP contribution in [0.3, 0.4) is 0 Å². The van der Waals surface area contributed by atoms with Gasteiger partial charge in [0, 0.05) is 24.3 Å². The molecule has 0 aromatic carbocycles. The Kier molecular flexibility index (Phi) is 3.90. The van der Waals surface area contributed by atoms with Crippen LogP contribution in [0.2, 0.25) is 0 Å². The molecule has 22 heavy (non-hydrogen) atoms. The van der Waals surface area contributed by atoms with Gasteiger partial charge in [-0.3, -0.25) is 4.98 Å². The lowest BCUT2D eigenvalue weighted by Gasteiger charge is -2.29. The number of alkyl halides is 3. The third-order valence-electron chi connectivity index (χ3n) is 4.13. The summed E-state index contributed by atoms with van der Waals surface area (Å²) in [6.07, 6.45) is -0.367. The van der Waals surface area contributed by atoms with Crippen LogP contribution in [0, 0.1) is 0 Å². The minimum atomic E-state index is -4.58. The normalized spacial score (nSPS) is 28.8. The van der Waals surface area contributed by atoms with Gasteiger partial charge < -0.3 is 5.32 Å². The van der Waals surface area contributed by atoms with E-state index in [2.05, 4.69) is 15.0 Å². The predicted octanol–water partition coefficient (Wildman–Crippen LogP) is 1.66. The zero-order chi connectivity index (χ0) is 16.0. The SMILES string of the molecule is O=S(=O)(NC1CC2CCC(C1)N2)c1ccc(C(F)(F)F)nc1. The molecule has 2 fully saturated rings. The van der Waals surface area contributed by atoms with Crippen LogP contribution in [0.4, 0.5) is 13.2 Å². The second-order valence-electron chi connectivity index (χ2n) is 5.80. The Hall–Kier alpha value is -1.19. The Morgan fingerprint density at radius 1 is 1.18 bits per heavy atom. The summed E-state index contributed by atoms with van der Waals surface area (Å²) < 4.78 is 64.4. The number of sulfonamides is 1. The third-order valence-corrected chi connectivity index (χ3v) is 5.64. The van der Waals surface area contributed by atoms with Crippen molar-refractivity contribution >= 4 is 10.0 Å². The number of rotatable bonds is 3. The Labute approximate surface area is 126 Å². The van der Waals surface area contributed by atoms with E-state index < -0.39 is 21.9 Å². The van der Waals surface area contributed by atoms with Gasteiger partial charge >= 0.3 is 6.18 Å². The molecule has 1 aromatic heterocycles. The molecule has 2 atom stereocenters. The first kappa shape index (κ1) is 15.7. The van der Waals surface area contributed by atoms with Gasteiger partial charge in [-0.2, -0.15) is 13.2 Å². The quantitative estimate of drug-likeness (QED) is 0.881. The van der Waals surface area contributed by atoms with Crippen molar-refractivity contribution in [2.45, 2.75) is 54.9 Å². The van der Waals surface area contributed by atoms with Gasteiger partial charge in [0.15, 0.2) is 0 Å². The summed E-state index contributed by atoms with van der Waals surface area (Å²) in [4.78, 5) is 2.95. The zero-order valence-corrected chi connectivity index (χ0v) is 12.4. The highest BCUT2D eigenvalue weighted by molar-refractivity contribution is 7.89. The molecule has 2 unspecified atom stereocenters. The second-order valence-corrected chi connectivity index (χ2v) is 7.52. The summed E-state index contributed by atoms with van der Waals surface area (Å²) in [5.74, 6) is 0. The molecular formula is C13H16F3N3O2S. The molecule has 3 rings (SSSR count). The molecule has 0 radical (unpaired) electrons. The fourth-order valence-electron chi connectivity index (χ4n) is 3.15. The number of hydrogen-bond donors (Lipinski definition) is 2. The Morgan fingerprint density at radius 3 is 2.32 bits per heavy atom. The highest BCUT2D eigenvalue weighted by Crippen LogP contribution is 2.29. The van der Waals surface area contributed by atoms with Crippen molar-refractivity contribution < 1.29 is 21.6 Å². The van der Waals surface area contributed by atoms with Gasteiger partial charge in [-0.15, -0.1) is 0 Å². The molecule has 0 aliphatic carbocycles. The third kappa shape index (κ3) is 3.26. The van der Waals surface area contributed by atoms with Crippen molar-refractivity contribution in [1.29, 1.82) is 0 Å². The van der Waals surface area contributed by atoms with E-state index in [1.807, 2.05) is 0 Å². The van der Waals surface area contributed by atoms with Crippen LogP contribution in [0.25, 0.3) is 0 Å². The maximum atomic E-state index is 12.4. The Balaban J connectivity index is 1.73. The van der Waals surface area contributed by atoms with E-state index in [9.17, 15) is 21.6 Å². The van der Waals surface area contributed by atoms with Crippen molar-refractivity contribution in [1.82, 2.24) is 15.0 Å². The summed E-state index contributed by atoms with van der Waals surface area (Å²) in [5.41, 5.74) is -1.11. The first-order chi connectivity index (χ1) is 10.2. The lowest BCUT2D eigenvalue weighted by molar-refractivity contribution is -0.141. The lowest BCUT2D eigenvalue weighted by Crippen LogP contribution is -2.47. The summed E-state index contributed by atoms with van der Waals surface area (Å²) in [6, 6.07) is 2.06. The number of halogens is 3. The van der Waals surface area contributed by atoms with Crippen molar-refractivity contribution in [3.8, 4) is 0 Å². The molecule has 0 amide bonds. The van der Waals surface area contributed by atoms with Crippen LogP contribution in [-0.4, -0.2) is 31.5 Å². The molecule has 2 aliphatic heterocycles. The van der Waals surface area contributed by atoms with E-state index >= 15 is 0 Å². The van der Waals surface area contributed by atoms with Gasteiger partial charge in [0.25, 0.3) is 0 Å². The number of fused-ring (bicyclic) bond motifs is 2. The van der Waals surface area contributed by atoms with Crippen molar-refractivity contribution in [3.05, 3.63) is 24.0 Å². The van der Waals surface area contributed by atoms with E-state index in [1.54, 1.807) is 0 Å². The summed E-state index contributed by atoms with van der Waals surface area (Å²) in [6.45, 7) is 0. The van der Waals surface area contributed by atoms with E-state index in [1.165, 1.54) is 0 Å². The fraction of sp³-hybridized carbons (Fsp3) is 0.615. The van der Waals surface area contributed by atoms with Crippen molar-refractivity contribution in [3.63, 3.8) is 0 Å². The van der Waals surface area contributed by atoms with E-state index in [4.69, 9.17) is 0 Å². The zero-order valence-electron chi connectivity index (χ0n) is 11.6. The average Bonchev–Trinajstić information content (AvgIpc) is 2.77. The lowest BCUT2D eigenvalue weighted by atomic mass is 10.0. The fourth-order valence-corrected chi connectivity index (χ4v) is 4.35. The van der Waals surface area contributed by atoms with Gasteiger partial charge in [-0.1, -0.05) is 0 Å². The van der Waals surface area contributed by atoms with Gasteiger partial charge in [0.2, 0.25) is 10.0 Å². The summed E-state index contributed by atoms with van der Waals surface area (Å²) >= 11 is 0. The number of piperidine rings is 1. The number of pyridine rings is 1. The van der Waals surface area contributed by atoms with Crippen LogP contribution >= 0.6 is 0 Å². The number of nitrogens with one attached hydrogen (secondary N) is 2. The second kappa shape index (κ2) is 5.47. The van der Waals surface area contributed by atoms with E-state index in [-0.39, 0.29) is 10.9 Å².